The van der Waals surface area contributed by atoms with Crippen molar-refractivity contribution in [3.8, 4) is 0 Å². The molecular formula is C11H12Cl2N2. The third-order valence-electron chi connectivity index (χ3n) is 2.38. The van der Waals surface area contributed by atoms with Crippen LogP contribution in [0.2, 0.25) is 5.02 Å². The van der Waals surface area contributed by atoms with Crippen molar-refractivity contribution < 1.29 is 0 Å². The molecule has 0 N–H and O–H groups in total. The lowest BCUT2D eigenvalue weighted by atomic mass is 10.3. The number of imidazole rings is 1. The molecule has 2 rings (SSSR count). The van der Waals surface area contributed by atoms with E-state index in [-0.39, 0.29) is 0 Å². The molecule has 0 saturated heterocycles. The maximum absolute atomic E-state index is 6.09. The molecule has 0 atom stereocenters. The summed E-state index contributed by atoms with van der Waals surface area (Å²) >= 11 is 12.0. The Morgan fingerprint density at radius 2 is 2.13 bits per heavy atom. The fraction of sp³-hybridized carbons (Fsp3) is 0.364. The Morgan fingerprint density at radius 1 is 1.40 bits per heavy atom. The molecule has 2 aromatic rings. The predicted molar refractivity (Wildman–Crippen MR) is 64.7 cm³/mol. The molecule has 0 saturated carbocycles. The third kappa shape index (κ3) is 1.72. The van der Waals surface area contributed by atoms with Crippen LogP contribution in [0.3, 0.4) is 0 Å². The molecule has 0 aliphatic carbocycles. The van der Waals surface area contributed by atoms with Crippen molar-refractivity contribution in [1.29, 1.82) is 0 Å². The highest BCUT2D eigenvalue weighted by molar-refractivity contribution is 6.35. The van der Waals surface area contributed by atoms with Gasteiger partial charge in [0.2, 0.25) is 0 Å². The van der Waals surface area contributed by atoms with Gasteiger partial charge in [0.05, 0.1) is 16.4 Å². The van der Waals surface area contributed by atoms with Crippen LogP contribution in [0, 0.1) is 0 Å². The van der Waals surface area contributed by atoms with Gasteiger partial charge in [0.15, 0.2) is 0 Å². The van der Waals surface area contributed by atoms with Crippen molar-refractivity contribution in [2.45, 2.75) is 25.8 Å². The minimum atomic E-state index is 0.335. The number of alkyl halides is 1. The van der Waals surface area contributed by atoms with Gasteiger partial charge in [-0.2, -0.15) is 0 Å². The molecule has 0 fully saturated rings. The van der Waals surface area contributed by atoms with Crippen molar-refractivity contribution in [3.05, 3.63) is 29.0 Å². The summed E-state index contributed by atoms with van der Waals surface area (Å²) in [5.41, 5.74) is 1.89. The zero-order chi connectivity index (χ0) is 11.0. The Kier molecular flexibility index (Phi) is 2.89. The Bertz CT molecular complexity index is 489. The Labute approximate surface area is 98.8 Å². The van der Waals surface area contributed by atoms with Crippen LogP contribution in [0.25, 0.3) is 11.0 Å². The van der Waals surface area contributed by atoms with E-state index in [9.17, 15) is 0 Å². The molecule has 0 spiro atoms. The van der Waals surface area contributed by atoms with Crippen LogP contribution >= 0.6 is 23.2 Å². The highest BCUT2D eigenvalue weighted by atomic mass is 35.5. The Balaban J connectivity index is 2.80. The summed E-state index contributed by atoms with van der Waals surface area (Å²) < 4.78 is 2.12. The van der Waals surface area contributed by atoms with Gasteiger partial charge in [0.25, 0.3) is 0 Å². The summed E-state index contributed by atoms with van der Waals surface area (Å²) in [5.74, 6) is 1.28. The zero-order valence-electron chi connectivity index (χ0n) is 8.67. The minimum absolute atomic E-state index is 0.335. The summed E-state index contributed by atoms with van der Waals surface area (Å²) in [5, 5.41) is 0.679. The number of hydrogen-bond acceptors (Lipinski definition) is 1. The predicted octanol–water partition coefficient (Wildman–Crippen LogP) is 4.01. The molecule has 0 aliphatic heterocycles. The monoisotopic (exact) mass is 242 g/mol. The number of rotatable bonds is 2. The van der Waals surface area contributed by atoms with Crippen molar-refractivity contribution in [2.24, 2.45) is 0 Å². The summed E-state index contributed by atoms with van der Waals surface area (Å²) in [6, 6.07) is 6.13. The largest absolute Gasteiger partial charge is 0.324 e. The van der Waals surface area contributed by atoms with E-state index < -0.39 is 0 Å². The molecule has 80 valence electrons. The summed E-state index contributed by atoms with van der Waals surface area (Å²) in [6.07, 6.45) is 0. The van der Waals surface area contributed by atoms with Gasteiger partial charge in [-0.15, -0.1) is 11.6 Å². The lowest BCUT2D eigenvalue weighted by Gasteiger charge is -2.11. The second-order valence-corrected chi connectivity index (χ2v) is 4.41. The topological polar surface area (TPSA) is 17.8 Å². The van der Waals surface area contributed by atoms with Gasteiger partial charge >= 0.3 is 0 Å². The molecule has 1 aromatic heterocycles. The van der Waals surface area contributed by atoms with E-state index in [4.69, 9.17) is 23.2 Å². The number of fused-ring (bicyclic) bond motifs is 1. The number of benzene rings is 1. The van der Waals surface area contributed by atoms with E-state index in [1.54, 1.807) is 0 Å². The molecule has 4 heteroatoms. The molecule has 1 aromatic carbocycles. The van der Waals surface area contributed by atoms with Crippen molar-refractivity contribution >= 4 is 34.2 Å². The zero-order valence-corrected chi connectivity index (χ0v) is 10.2. The Morgan fingerprint density at radius 3 is 2.73 bits per heavy atom. The van der Waals surface area contributed by atoms with Crippen LogP contribution in [0.4, 0.5) is 0 Å². The molecule has 2 nitrogen and oxygen atoms in total. The SMILES string of the molecule is CC(C)n1c(CCl)nc2c(Cl)cccc21. The summed E-state index contributed by atoms with van der Waals surface area (Å²) in [4.78, 5) is 4.45. The van der Waals surface area contributed by atoms with Crippen LogP contribution < -0.4 is 0 Å². The number of halogens is 2. The van der Waals surface area contributed by atoms with E-state index in [0.717, 1.165) is 16.9 Å². The number of aromatic nitrogens is 2. The van der Waals surface area contributed by atoms with Gasteiger partial charge in [0.1, 0.15) is 11.3 Å². The van der Waals surface area contributed by atoms with Gasteiger partial charge < -0.3 is 4.57 Å². The van der Waals surface area contributed by atoms with E-state index in [1.165, 1.54) is 0 Å². The lowest BCUT2D eigenvalue weighted by molar-refractivity contribution is 0.597. The number of para-hydroxylation sites is 1. The maximum atomic E-state index is 6.09. The van der Waals surface area contributed by atoms with Crippen LogP contribution in [0.1, 0.15) is 25.7 Å². The molecule has 0 aliphatic rings. The number of nitrogens with zero attached hydrogens (tertiary/aromatic N) is 2. The van der Waals surface area contributed by atoms with Crippen LogP contribution in [-0.4, -0.2) is 9.55 Å². The van der Waals surface area contributed by atoms with Crippen LogP contribution in [-0.2, 0) is 5.88 Å². The van der Waals surface area contributed by atoms with Gasteiger partial charge in [0, 0.05) is 6.04 Å². The molecule has 0 unspecified atom stereocenters. The number of hydrogen-bond donors (Lipinski definition) is 0. The Hall–Kier alpha value is -0.730. The maximum Gasteiger partial charge on any atom is 0.125 e. The highest BCUT2D eigenvalue weighted by Gasteiger charge is 2.13. The normalized spacial score (nSPS) is 11.5. The standard InChI is InChI=1S/C11H12Cl2N2/c1-7(2)15-9-5-3-4-8(13)11(9)14-10(15)6-12/h3-5,7H,6H2,1-2H3. The summed E-state index contributed by atoms with van der Waals surface area (Å²) in [7, 11) is 0. The van der Waals surface area contributed by atoms with Crippen molar-refractivity contribution in [1.82, 2.24) is 9.55 Å². The van der Waals surface area contributed by atoms with Gasteiger partial charge in [-0.25, -0.2) is 4.98 Å². The minimum Gasteiger partial charge on any atom is -0.324 e. The second kappa shape index (κ2) is 4.03. The van der Waals surface area contributed by atoms with E-state index in [0.29, 0.717) is 16.9 Å². The first kappa shape index (κ1) is 10.8. The molecule has 0 bridgehead atoms. The molecule has 0 radical (unpaired) electrons. The lowest BCUT2D eigenvalue weighted by Crippen LogP contribution is -2.04. The fourth-order valence-electron chi connectivity index (χ4n) is 1.80. The molecule has 1 heterocycles. The fourth-order valence-corrected chi connectivity index (χ4v) is 2.20. The average Bonchev–Trinajstić information content (AvgIpc) is 2.57. The first-order chi connectivity index (χ1) is 7.15. The van der Waals surface area contributed by atoms with Crippen molar-refractivity contribution in [2.75, 3.05) is 0 Å². The third-order valence-corrected chi connectivity index (χ3v) is 2.92. The van der Waals surface area contributed by atoms with Crippen LogP contribution in [0.5, 0.6) is 0 Å². The van der Waals surface area contributed by atoms with E-state index in [2.05, 4.69) is 23.4 Å². The summed E-state index contributed by atoms with van der Waals surface area (Å²) in [6.45, 7) is 4.22. The second-order valence-electron chi connectivity index (χ2n) is 3.73. The van der Waals surface area contributed by atoms with Gasteiger partial charge in [-0.3, -0.25) is 0 Å². The molecule has 0 amide bonds. The van der Waals surface area contributed by atoms with Crippen LogP contribution in [0.15, 0.2) is 18.2 Å². The smallest absolute Gasteiger partial charge is 0.125 e. The van der Waals surface area contributed by atoms with E-state index >= 15 is 0 Å². The van der Waals surface area contributed by atoms with Gasteiger partial charge in [-0.05, 0) is 26.0 Å². The first-order valence-corrected chi connectivity index (χ1v) is 5.77. The molecule has 15 heavy (non-hydrogen) atoms. The highest BCUT2D eigenvalue weighted by Crippen LogP contribution is 2.27. The van der Waals surface area contributed by atoms with Crippen molar-refractivity contribution in [3.63, 3.8) is 0 Å². The quantitative estimate of drug-likeness (QED) is 0.728. The average molecular weight is 243 g/mol. The first-order valence-electron chi connectivity index (χ1n) is 4.86. The van der Waals surface area contributed by atoms with Gasteiger partial charge in [-0.1, -0.05) is 17.7 Å². The van der Waals surface area contributed by atoms with E-state index in [1.807, 2.05) is 18.2 Å². The molecular weight excluding hydrogens is 231 g/mol.